The summed E-state index contributed by atoms with van der Waals surface area (Å²) in [5.41, 5.74) is 1.66. The first-order valence-electron chi connectivity index (χ1n) is 6.01. The van der Waals surface area contributed by atoms with Crippen LogP contribution in [0.15, 0.2) is 18.3 Å². The Morgan fingerprint density at radius 2 is 2.41 bits per heavy atom. The highest BCUT2D eigenvalue weighted by Crippen LogP contribution is 2.12. The second-order valence-electron chi connectivity index (χ2n) is 4.75. The van der Waals surface area contributed by atoms with Gasteiger partial charge in [0.2, 0.25) is 0 Å². The van der Waals surface area contributed by atoms with Gasteiger partial charge in [-0.15, -0.1) is 0 Å². The quantitative estimate of drug-likeness (QED) is 0.827. The highest BCUT2D eigenvalue weighted by atomic mass is 15.2. The smallest absolute Gasteiger partial charge is 0.140 e. The maximum atomic E-state index is 8.83. The van der Waals surface area contributed by atoms with Gasteiger partial charge in [0, 0.05) is 37.9 Å². The van der Waals surface area contributed by atoms with Crippen LogP contribution < -0.4 is 5.32 Å². The van der Waals surface area contributed by atoms with Crippen molar-refractivity contribution in [1.82, 2.24) is 15.2 Å². The van der Waals surface area contributed by atoms with Gasteiger partial charge in [-0.05, 0) is 31.5 Å². The highest BCUT2D eigenvalue weighted by Gasteiger charge is 2.22. The molecule has 0 radical (unpaired) electrons. The molecule has 0 aliphatic carbocycles. The summed E-state index contributed by atoms with van der Waals surface area (Å²) in [5, 5.41) is 12.3. The number of hydrogen-bond acceptors (Lipinski definition) is 4. The van der Waals surface area contributed by atoms with Crippen molar-refractivity contribution in [2.45, 2.75) is 32.5 Å². The van der Waals surface area contributed by atoms with Gasteiger partial charge in [0.1, 0.15) is 11.8 Å². The predicted molar refractivity (Wildman–Crippen MR) is 66.3 cm³/mol. The van der Waals surface area contributed by atoms with Crippen molar-refractivity contribution in [3.05, 3.63) is 29.6 Å². The molecule has 0 amide bonds. The average molecular weight is 230 g/mol. The molecule has 2 heterocycles. The van der Waals surface area contributed by atoms with Crippen LogP contribution in [0.2, 0.25) is 0 Å². The minimum absolute atomic E-state index is 0.498. The van der Waals surface area contributed by atoms with E-state index in [1.165, 1.54) is 0 Å². The molecule has 17 heavy (non-hydrogen) atoms. The molecule has 1 aromatic heterocycles. The molecule has 2 unspecified atom stereocenters. The number of aromatic nitrogens is 1. The lowest BCUT2D eigenvalue weighted by atomic mass is 10.1. The van der Waals surface area contributed by atoms with Crippen LogP contribution in [0.3, 0.4) is 0 Å². The SMILES string of the molecule is CC1CN(Cc2ccnc(C#N)c2)C(C)CN1. The van der Waals surface area contributed by atoms with Crippen LogP contribution in [-0.4, -0.2) is 35.1 Å². The Bertz CT molecular complexity index is 424. The van der Waals surface area contributed by atoms with Crippen molar-refractivity contribution in [2.75, 3.05) is 13.1 Å². The van der Waals surface area contributed by atoms with E-state index < -0.39 is 0 Å². The third kappa shape index (κ3) is 3.02. The van der Waals surface area contributed by atoms with Crippen molar-refractivity contribution >= 4 is 0 Å². The molecule has 1 aromatic rings. The fraction of sp³-hybridized carbons (Fsp3) is 0.538. The van der Waals surface area contributed by atoms with E-state index in [2.05, 4.69) is 35.1 Å². The van der Waals surface area contributed by atoms with Gasteiger partial charge in [-0.3, -0.25) is 4.90 Å². The molecule has 0 aromatic carbocycles. The van der Waals surface area contributed by atoms with Crippen LogP contribution in [0, 0.1) is 11.3 Å². The second kappa shape index (κ2) is 5.26. The molecule has 1 N–H and O–H groups in total. The van der Waals surface area contributed by atoms with Gasteiger partial charge in [-0.1, -0.05) is 0 Å². The summed E-state index contributed by atoms with van der Waals surface area (Å²) in [6.45, 7) is 7.39. The Hall–Kier alpha value is -1.44. The lowest BCUT2D eigenvalue weighted by Gasteiger charge is -2.37. The molecular formula is C13H18N4. The molecule has 1 aliphatic heterocycles. The first-order chi connectivity index (χ1) is 8.19. The monoisotopic (exact) mass is 230 g/mol. The Balaban J connectivity index is 2.06. The number of nitrogens with one attached hydrogen (secondary N) is 1. The predicted octanol–water partition coefficient (Wildman–Crippen LogP) is 1.14. The highest BCUT2D eigenvalue weighted by molar-refractivity contribution is 5.25. The van der Waals surface area contributed by atoms with Crippen molar-refractivity contribution in [2.24, 2.45) is 0 Å². The zero-order chi connectivity index (χ0) is 12.3. The van der Waals surface area contributed by atoms with Crippen LogP contribution in [0.1, 0.15) is 25.1 Å². The lowest BCUT2D eigenvalue weighted by molar-refractivity contribution is 0.139. The van der Waals surface area contributed by atoms with E-state index in [9.17, 15) is 0 Å². The topological polar surface area (TPSA) is 52.0 Å². The summed E-state index contributed by atoms with van der Waals surface area (Å²) in [7, 11) is 0. The molecule has 0 bridgehead atoms. The summed E-state index contributed by atoms with van der Waals surface area (Å²) in [6.07, 6.45) is 1.71. The molecule has 4 nitrogen and oxygen atoms in total. The largest absolute Gasteiger partial charge is 0.311 e. The van der Waals surface area contributed by atoms with Crippen molar-refractivity contribution in [3.8, 4) is 6.07 Å². The summed E-state index contributed by atoms with van der Waals surface area (Å²) >= 11 is 0. The van der Waals surface area contributed by atoms with E-state index in [4.69, 9.17) is 5.26 Å². The number of pyridine rings is 1. The summed E-state index contributed by atoms with van der Waals surface area (Å²) < 4.78 is 0. The minimum Gasteiger partial charge on any atom is -0.311 e. The van der Waals surface area contributed by atoms with E-state index in [1.54, 1.807) is 6.20 Å². The first-order valence-corrected chi connectivity index (χ1v) is 6.01. The Morgan fingerprint density at radius 1 is 1.59 bits per heavy atom. The number of piperazine rings is 1. The molecule has 0 spiro atoms. The number of rotatable bonds is 2. The normalized spacial score (nSPS) is 25.5. The van der Waals surface area contributed by atoms with Gasteiger partial charge in [-0.25, -0.2) is 4.98 Å². The van der Waals surface area contributed by atoms with Crippen molar-refractivity contribution in [1.29, 1.82) is 5.26 Å². The molecule has 2 atom stereocenters. The zero-order valence-corrected chi connectivity index (χ0v) is 10.3. The van der Waals surface area contributed by atoms with Crippen LogP contribution in [0.4, 0.5) is 0 Å². The Labute approximate surface area is 102 Å². The van der Waals surface area contributed by atoms with Gasteiger partial charge in [0.25, 0.3) is 0 Å². The lowest BCUT2D eigenvalue weighted by Crippen LogP contribution is -2.53. The Morgan fingerprint density at radius 3 is 3.18 bits per heavy atom. The molecule has 4 heteroatoms. The minimum atomic E-state index is 0.498. The van der Waals surface area contributed by atoms with E-state index in [-0.39, 0.29) is 0 Å². The standard InChI is InChI=1S/C13H18N4/c1-10-8-17(11(2)7-16-10)9-12-3-4-15-13(5-12)6-14/h3-5,10-11,16H,7-9H2,1-2H3. The van der Waals surface area contributed by atoms with Crippen molar-refractivity contribution < 1.29 is 0 Å². The first kappa shape index (κ1) is 12.0. The van der Waals surface area contributed by atoms with E-state index in [0.717, 1.165) is 25.2 Å². The zero-order valence-electron chi connectivity index (χ0n) is 10.3. The average Bonchev–Trinajstić information content (AvgIpc) is 2.34. The third-order valence-electron chi connectivity index (χ3n) is 3.22. The second-order valence-corrected chi connectivity index (χ2v) is 4.75. The number of nitriles is 1. The molecule has 90 valence electrons. The van der Waals surface area contributed by atoms with E-state index in [1.807, 2.05) is 12.1 Å². The van der Waals surface area contributed by atoms with E-state index >= 15 is 0 Å². The van der Waals surface area contributed by atoms with Crippen LogP contribution in [-0.2, 0) is 6.54 Å². The van der Waals surface area contributed by atoms with Crippen LogP contribution >= 0.6 is 0 Å². The Kier molecular flexibility index (Phi) is 3.72. The molecule has 1 fully saturated rings. The fourth-order valence-corrected chi connectivity index (χ4v) is 2.19. The summed E-state index contributed by atoms with van der Waals surface area (Å²) in [4.78, 5) is 6.44. The molecule has 1 saturated heterocycles. The number of hydrogen-bond donors (Lipinski definition) is 1. The molecule has 1 aliphatic rings. The fourth-order valence-electron chi connectivity index (χ4n) is 2.19. The van der Waals surface area contributed by atoms with Crippen LogP contribution in [0.25, 0.3) is 0 Å². The molecule has 0 saturated carbocycles. The van der Waals surface area contributed by atoms with Gasteiger partial charge >= 0.3 is 0 Å². The van der Waals surface area contributed by atoms with E-state index in [0.29, 0.717) is 17.8 Å². The van der Waals surface area contributed by atoms with Gasteiger partial charge in [0.05, 0.1) is 0 Å². The molecular weight excluding hydrogens is 212 g/mol. The van der Waals surface area contributed by atoms with Gasteiger partial charge < -0.3 is 5.32 Å². The van der Waals surface area contributed by atoms with Crippen molar-refractivity contribution in [3.63, 3.8) is 0 Å². The third-order valence-corrected chi connectivity index (χ3v) is 3.22. The van der Waals surface area contributed by atoms with Crippen LogP contribution in [0.5, 0.6) is 0 Å². The maximum Gasteiger partial charge on any atom is 0.140 e. The number of nitrogens with zero attached hydrogens (tertiary/aromatic N) is 3. The van der Waals surface area contributed by atoms with Gasteiger partial charge in [-0.2, -0.15) is 5.26 Å². The summed E-state index contributed by atoms with van der Waals surface area (Å²) in [5.74, 6) is 0. The molecule has 2 rings (SSSR count). The summed E-state index contributed by atoms with van der Waals surface area (Å²) in [6, 6.07) is 7.01. The maximum absolute atomic E-state index is 8.83. The van der Waals surface area contributed by atoms with Gasteiger partial charge in [0.15, 0.2) is 0 Å².